The second kappa shape index (κ2) is 8.41. The minimum absolute atomic E-state index is 0.0564. The number of ether oxygens (including phenoxy) is 1. The summed E-state index contributed by atoms with van der Waals surface area (Å²) in [5, 5.41) is 8.06. The summed E-state index contributed by atoms with van der Waals surface area (Å²) in [6.07, 6.45) is 0.923. The number of nitrogens with two attached hydrogens (primary N) is 1. The van der Waals surface area contributed by atoms with Crippen LogP contribution in [0.5, 0.6) is 5.75 Å². The summed E-state index contributed by atoms with van der Waals surface area (Å²) in [7, 11) is -6.25. The first-order chi connectivity index (χ1) is 15.1. The highest BCUT2D eigenvalue weighted by molar-refractivity contribution is 7.89. The van der Waals surface area contributed by atoms with Gasteiger partial charge in [0.15, 0.2) is 5.13 Å². The molecule has 1 unspecified atom stereocenters. The first-order valence-electron chi connectivity index (χ1n) is 9.50. The van der Waals surface area contributed by atoms with E-state index in [1.54, 1.807) is 12.1 Å². The van der Waals surface area contributed by atoms with Gasteiger partial charge in [-0.25, -0.2) is 27.0 Å². The molecular formula is C19H20N4O6S3. The molecule has 1 aliphatic rings. The summed E-state index contributed by atoms with van der Waals surface area (Å²) in [6, 6.07) is 9.32. The number of benzene rings is 2. The predicted molar refractivity (Wildman–Crippen MR) is 120 cm³/mol. The number of nitrogens with one attached hydrogen (secondary N) is 1. The molecule has 1 saturated heterocycles. The van der Waals surface area contributed by atoms with Crippen molar-refractivity contribution in [2.45, 2.75) is 28.7 Å². The van der Waals surface area contributed by atoms with Gasteiger partial charge in [-0.1, -0.05) is 11.3 Å². The lowest BCUT2D eigenvalue weighted by Crippen LogP contribution is -2.43. The van der Waals surface area contributed by atoms with Crippen LogP contribution in [0.3, 0.4) is 0 Å². The summed E-state index contributed by atoms with van der Waals surface area (Å²) in [4.78, 5) is 17.2. The third-order valence-corrected chi connectivity index (χ3v) is 8.86. The molecule has 0 aliphatic carbocycles. The van der Waals surface area contributed by atoms with Crippen LogP contribution >= 0.6 is 11.3 Å². The van der Waals surface area contributed by atoms with E-state index in [4.69, 9.17) is 9.88 Å². The molecule has 10 nitrogen and oxygen atoms in total. The minimum atomic E-state index is -3.88. The van der Waals surface area contributed by atoms with Crippen molar-refractivity contribution in [3.05, 3.63) is 42.5 Å². The zero-order valence-electron chi connectivity index (χ0n) is 16.9. The van der Waals surface area contributed by atoms with Crippen LogP contribution < -0.4 is 15.2 Å². The van der Waals surface area contributed by atoms with Gasteiger partial charge < -0.3 is 10.1 Å². The maximum Gasteiger partial charge on any atom is 0.244 e. The molecule has 170 valence electrons. The molecular weight excluding hydrogens is 476 g/mol. The molecule has 0 radical (unpaired) electrons. The smallest absolute Gasteiger partial charge is 0.244 e. The number of hydrogen-bond acceptors (Lipinski definition) is 8. The zero-order chi connectivity index (χ0) is 23.1. The number of carbonyl (C=O) groups is 1. The summed E-state index contributed by atoms with van der Waals surface area (Å²) < 4.78 is 56.1. The van der Waals surface area contributed by atoms with Gasteiger partial charge in [-0.05, 0) is 55.3 Å². The number of hydrogen-bond donors (Lipinski definition) is 2. The highest BCUT2D eigenvalue weighted by Crippen LogP contribution is 2.31. The van der Waals surface area contributed by atoms with E-state index in [2.05, 4.69) is 10.3 Å². The first-order valence-corrected chi connectivity index (χ1v) is 13.3. The molecule has 13 heteroatoms. The standard InChI is InChI=1S/C19H20N4O6S3/c1-29-12-4-6-13(7-5-12)32(27,28)23-10-2-3-16(23)18(24)22-19-21-15-9-8-14(31(20,25)26)11-17(15)30-19/h4-9,11,16H,2-3,10H2,1H3,(H2,20,25,26)(H,21,22,24). The highest BCUT2D eigenvalue weighted by atomic mass is 32.2. The number of fused-ring (bicyclic) bond motifs is 1. The average molecular weight is 497 g/mol. The van der Waals surface area contributed by atoms with Gasteiger partial charge in [0.05, 0.1) is 27.1 Å². The van der Waals surface area contributed by atoms with Crippen LogP contribution in [0, 0.1) is 0 Å². The number of primary sulfonamides is 1. The molecule has 2 aromatic carbocycles. The number of thiazole rings is 1. The van der Waals surface area contributed by atoms with Crippen LogP contribution in [0.25, 0.3) is 10.2 Å². The first kappa shape index (κ1) is 22.6. The molecule has 1 aliphatic heterocycles. The highest BCUT2D eigenvalue weighted by Gasteiger charge is 2.39. The van der Waals surface area contributed by atoms with E-state index >= 15 is 0 Å². The van der Waals surface area contributed by atoms with Gasteiger partial charge in [-0.2, -0.15) is 4.31 Å². The molecule has 1 atom stereocenters. The molecule has 2 heterocycles. The lowest BCUT2D eigenvalue weighted by molar-refractivity contribution is -0.119. The predicted octanol–water partition coefficient (Wildman–Crippen LogP) is 1.74. The van der Waals surface area contributed by atoms with Crippen molar-refractivity contribution in [2.24, 2.45) is 5.14 Å². The van der Waals surface area contributed by atoms with E-state index in [0.29, 0.717) is 28.8 Å². The van der Waals surface area contributed by atoms with Gasteiger partial charge in [0, 0.05) is 6.54 Å². The van der Waals surface area contributed by atoms with Gasteiger partial charge in [0.1, 0.15) is 11.8 Å². The maximum atomic E-state index is 13.1. The largest absolute Gasteiger partial charge is 0.497 e. The van der Waals surface area contributed by atoms with Crippen LogP contribution in [0.15, 0.2) is 52.3 Å². The molecule has 0 saturated carbocycles. The van der Waals surface area contributed by atoms with Crippen LogP contribution in [0.4, 0.5) is 5.13 Å². The Hall–Kier alpha value is -2.58. The van der Waals surface area contributed by atoms with E-state index in [1.165, 1.54) is 41.7 Å². The Kier molecular flexibility index (Phi) is 5.94. The van der Waals surface area contributed by atoms with Crippen LogP contribution in [-0.2, 0) is 24.8 Å². The Labute approximate surface area is 189 Å². The van der Waals surface area contributed by atoms with Gasteiger partial charge in [0.25, 0.3) is 0 Å². The zero-order valence-corrected chi connectivity index (χ0v) is 19.3. The third kappa shape index (κ3) is 4.34. The number of sulfonamides is 2. The fraction of sp³-hybridized carbons (Fsp3) is 0.263. The summed E-state index contributed by atoms with van der Waals surface area (Å²) in [6.45, 7) is 0.226. The Morgan fingerprint density at radius 2 is 1.84 bits per heavy atom. The lowest BCUT2D eigenvalue weighted by Gasteiger charge is -2.23. The van der Waals surface area contributed by atoms with Gasteiger partial charge >= 0.3 is 0 Å². The quantitative estimate of drug-likeness (QED) is 0.528. The van der Waals surface area contributed by atoms with E-state index in [0.717, 1.165) is 11.3 Å². The molecule has 0 spiro atoms. The molecule has 1 aromatic heterocycles. The van der Waals surface area contributed by atoms with Crippen molar-refractivity contribution in [3.63, 3.8) is 0 Å². The monoisotopic (exact) mass is 496 g/mol. The maximum absolute atomic E-state index is 13.1. The van der Waals surface area contributed by atoms with E-state index < -0.39 is 32.0 Å². The SMILES string of the molecule is COc1ccc(S(=O)(=O)N2CCCC2C(=O)Nc2nc3ccc(S(N)(=O)=O)cc3s2)cc1. The van der Waals surface area contributed by atoms with Crippen molar-refractivity contribution in [3.8, 4) is 5.75 Å². The number of rotatable bonds is 6. The van der Waals surface area contributed by atoms with E-state index in [9.17, 15) is 21.6 Å². The van der Waals surface area contributed by atoms with Crippen molar-refractivity contribution < 1.29 is 26.4 Å². The summed E-state index contributed by atoms with van der Waals surface area (Å²) in [5.41, 5.74) is 0.492. The van der Waals surface area contributed by atoms with Crippen LogP contribution in [-0.4, -0.2) is 51.7 Å². The molecule has 0 bridgehead atoms. The molecule has 1 fully saturated rings. The minimum Gasteiger partial charge on any atom is -0.497 e. The second-order valence-electron chi connectivity index (χ2n) is 7.13. The van der Waals surface area contributed by atoms with Crippen LogP contribution in [0.2, 0.25) is 0 Å². The van der Waals surface area contributed by atoms with Gasteiger partial charge in [-0.15, -0.1) is 0 Å². The fourth-order valence-corrected chi connectivity index (χ4v) is 6.68. The summed E-state index contributed by atoms with van der Waals surface area (Å²) >= 11 is 1.08. The molecule has 3 N–H and O–H groups in total. The molecule has 1 amide bonds. The van der Waals surface area contributed by atoms with Crippen molar-refractivity contribution in [2.75, 3.05) is 19.0 Å². The second-order valence-corrected chi connectivity index (χ2v) is 11.6. The fourth-order valence-electron chi connectivity index (χ4n) is 3.50. The Balaban J connectivity index is 1.56. The number of carbonyl (C=O) groups excluding carboxylic acids is 1. The van der Waals surface area contributed by atoms with Gasteiger partial charge in [0.2, 0.25) is 26.0 Å². The topological polar surface area (TPSA) is 149 Å². The summed E-state index contributed by atoms with van der Waals surface area (Å²) in [5.74, 6) is 0.0337. The normalized spacial score (nSPS) is 17.5. The Morgan fingerprint density at radius 1 is 1.16 bits per heavy atom. The van der Waals surface area contributed by atoms with Gasteiger partial charge in [-0.3, -0.25) is 4.79 Å². The van der Waals surface area contributed by atoms with Crippen LogP contribution in [0.1, 0.15) is 12.8 Å². The third-order valence-electron chi connectivity index (χ3n) is 5.09. The molecule has 32 heavy (non-hydrogen) atoms. The number of nitrogens with zero attached hydrogens (tertiary/aromatic N) is 2. The average Bonchev–Trinajstić information content (AvgIpc) is 3.39. The number of amides is 1. The molecule has 3 aromatic rings. The number of anilines is 1. The number of aromatic nitrogens is 1. The van der Waals surface area contributed by atoms with E-state index in [-0.39, 0.29) is 21.5 Å². The molecule has 4 rings (SSSR count). The Bertz CT molecular complexity index is 1380. The lowest BCUT2D eigenvalue weighted by atomic mass is 10.2. The number of methoxy groups -OCH3 is 1. The Morgan fingerprint density at radius 3 is 2.50 bits per heavy atom. The van der Waals surface area contributed by atoms with Crippen molar-refractivity contribution in [1.29, 1.82) is 0 Å². The van der Waals surface area contributed by atoms with Crippen molar-refractivity contribution >= 4 is 52.6 Å². The van der Waals surface area contributed by atoms with E-state index in [1.807, 2.05) is 0 Å². The van der Waals surface area contributed by atoms with Crippen molar-refractivity contribution in [1.82, 2.24) is 9.29 Å².